The van der Waals surface area contributed by atoms with Crippen molar-refractivity contribution in [3.05, 3.63) is 51.6 Å². The second-order valence-electron chi connectivity index (χ2n) is 6.32. The smallest absolute Gasteiger partial charge is 0.271 e. The van der Waals surface area contributed by atoms with E-state index in [9.17, 15) is 14.7 Å². The highest BCUT2D eigenvalue weighted by molar-refractivity contribution is 7.15. The van der Waals surface area contributed by atoms with Crippen molar-refractivity contribution in [3.8, 4) is 0 Å². The van der Waals surface area contributed by atoms with Crippen molar-refractivity contribution in [2.24, 2.45) is 13.0 Å². The van der Waals surface area contributed by atoms with Crippen molar-refractivity contribution in [1.29, 1.82) is 0 Å². The molecular formula is C16H17N5O3S. The molecule has 1 amide bonds. The van der Waals surface area contributed by atoms with Crippen LogP contribution < -0.4 is 10.9 Å². The molecule has 3 aromatic heterocycles. The fourth-order valence-electron chi connectivity index (χ4n) is 3.18. The highest BCUT2D eigenvalue weighted by Gasteiger charge is 2.36. The number of aliphatic hydroxyl groups excluding tert-OH is 1. The Morgan fingerprint density at radius 3 is 2.92 bits per heavy atom. The standard InChI is InChI=1S/C16H17N5O3S/c1-20-8-10(6-18-20)13(9-4-11(22)5-9)19-14(23)12-7-17-16-21(15(12)24)2-3-25-16/h2-3,6-9,11,13,22H,4-5H2,1H3,(H,19,23). The Bertz CT molecular complexity index is 985. The molecule has 1 saturated carbocycles. The molecule has 9 heteroatoms. The van der Waals surface area contributed by atoms with E-state index < -0.39 is 5.91 Å². The highest BCUT2D eigenvalue weighted by Crippen LogP contribution is 2.38. The normalized spacial score (nSPS) is 21.0. The van der Waals surface area contributed by atoms with Crippen molar-refractivity contribution in [2.45, 2.75) is 25.0 Å². The van der Waals surface area contributed by atoms with E-state index in [0.29, 0.717) is 17.8 Å². The lowest BCUT2D eigenvalue weighted by molar-refractivity contribution is 0.0235. The summed E-state index contributed by atoms with van der Waals surface area (Å²) in [6.07, 6.45) is 7.34. The van der Waals surface area contributed by atoms with Crippen molar-refractivity contribution in [2.75, 3.05) is 0 Å². The van der Waals surface area contributed by atoms with Crippen LogP contribution in [0.4, 0.5) is 0 Å². The Hall–Kier alpha value is -2.52. The number of hydrogen-bond acceptors (Lipinski definition) is 6. The fourth-order valence-corrected chi connectivity index (χ4v) is 3.85. The molecule has 1 fully saturated rings. The number of thiazole rings is 1. The summed E-state index contributed by atoms with van der Waals surface area (Å²) in [5.74, 6) is -0.350. The highest BCUT2D eigenvalue weighted by atomic mass is 32.1. The quantitative estimate of drug-likeness (QED) is 0.715. The van der Waals surface area contributed by atoms with Gasteiger partial charge in [0.05, 0.1) is 18.3 Å². The molecule has 0 spiro atoms. The monoisotopic (exact) mass is 359 g/mol. The van der Waals surface area contributed by atoms with Gasteiger partial charge in [0.15, 0.2) is 4.96 Å². The molecule has 0 radical (unpaired) electrons. The first-order chi connectivity index (χ1) is 12.0. The average molecular weight is 359 g/mol. The molecule has 1 aliphatic carbocycles. The van der Waals surface area contributed by atoms with Crippen LogP contribution in [0.5, 0.6) is 0 Å². The maximum absolute atomic E-state index is 12.7. The molecule has 4 rings (SSSR count). The minimum atomic E-state index is -0.464. The number of fused-ring (bicyclic) bond motifs is 1. The SMILES string of the molecule is Cn1cc(C(NC(=O)c2cnc3sccn3c2=O)C2CC(O)C2)cn1. The van der Waals surface area contributed by atoms with Gasteiger partial charge in [0.2, 0.25) is 0 Å². The first-order valence-electron chi connectivity index (χ1n) is 7.95. The lowest BCUT2D eigenvalue weighted by atomic mass is 9.75. The summed E-state index contributed by atoms with van der Waals surface area (Å²) in [4.78, 5) is 29.9. The molecule has 130 valence electrons. The summed E-state index contributed by atoms with van der Waals surface area (Å²) in [5, 5.41) is 18.4. The van der Waals surface area contributed by atoms with Crippen LogP contribution in [0.25, 0.3) is 4.96 Å². The van der Waals surface area contributed by atoms with Crippen molar-refractivity contribution < 1.29 is 9.90 Å². The van der Waals surface area contributed by atoms with Gasteiger partial charge < -0.3 is 10.4 Å². The summed E-state index contributed by atoms with van der Waals surface area (Å²) < 4.78 is 3.03. The molecule has 1 aliphatic rings. The zero-order chi connectivity index (χ0) is 17.6. The maximum Gasteiger partial charge on any atom is 0.271 e. The summed E-state index contributed by atoms with van der Waals surface area (Å²) in [7, 11) is 1.80. The number of rotatable bonds is 4. The van der Waals surface area contributed by atoms with Crippen LogP contribution in [0, 0.1) is 5.92 Å². The maximum atomic E-state index is 12.7. The molecule has 8 nitrogen and oxygen atoms in total. The summed E-state index contributed by atoms with van der Waals surface area (Å²) in [5.41, 5.74) is 0.476. The van der Waals surface area contributed by atoms with Gasteiger partial charge in [-0.25, -0.2) is 4.98 Å². The van der Waals surface area contributed by atoms with Crippen LogP contribution in [-0.2, 0) is 7.05 Å². The van der Waals surface area contributed by atoms with Gasteiger partial charge in [0.1, 0.15) is 5.56 Å². The molecule has 1 unspecified atom stereocenters. The third-order valence-electron chi connectivity index (χ3n) is 4.58. The van der Waals surface area contributed by atoms with E-state index in [0.717, 1.165) is 5.56 Å². The number of hydrogen-bond donors (Lipinski definition) is 2. The van der Waals surface area contributed by atoms with E-state index in [1.807, 2.05) is 6.20 Å². The van der Waals surface area contributed by atoms with E-state index in [1.54, 1.807) is 29.5 Å². The average Bonchev–Trinajstić information content (AvgIpc) is 3.19. The number of nitrogens with one attached hydrogen (secondary N) is 1. The Labute approximate surface area is 146 Å². The predicted octanol–water partition coefficient (Wildman–Crippen LogP) is 0.731. The lowest BCUT2D eigenvalue weighted by Crippen LogP contribution is -2.42. The number of carbonyl (C=O) groups is 1. The molecule has 3 aromatic rings. The molecule has 0 bridgehead atoms. The van der Waals surface area contributed by atoms with E-state index in [4.69, 9.17) is 0 Å². The third kappa shape index (κ3) is 2.85. The second-order valence-corrected chi connectivity index (χ2v) is 7.19. The van der Waals surface area contributed by atoms with Crippen LogP contribution in [0.2, 0.25) is 0 Å². The topological polar surface area (TPSA) is 102 Å². The van der Waals surface area contributed by atoms with E-state index >= 15 is 0 Å². The van der Waals surface area contributed by atoms with Crippen LogP contribution in [-0.4, -0.2) is 36.3 Å². The fraction of sp³-hybridized carbons (Fsp3) is 0.375. The Morgan fingerprint density at radius 1 is 1.44 bits per heavy atom. The van der Waals surface area contributed by atoms with Crippen LogP contribution >= 0.6 is 11.3 Å². The molecule has 3 heterocycles. The second kappa shape index (κ2) is 6.08. The summed E-state index contributed by atoms with van der Waals surface area (Å²) in [6, 6.07) is -0.299. The third-order valence-corrected chi connectivity index (χ3v) is 5.35. The lowest BCUT2D eigenvalue weighted by Gasteiger charge is -2.37. The Kier molecular flexibility index (Phi) is 3.89. The number of nitrogens with zero attached hydrogens (tertiary/aromatic N) is 4. The number of carbonyl (C=O) groups excluding carboxylic acids is 1. The van der Waals surface area contributed by atoms with Gasteiger partial charge in [-0.15, -0.1) is 11.3 Å². The molecule has 2 N–H and O–H groups in total. The molecular weight excluding hydrogens is 342 g/mol. The van der Waals surface area contributed by atoms with E-state index in [1.165, 1.54) is 21.9 Å². The summed E-state index contributed by atoms with van der Waals surface area (Å²) >= 11 is 1.33. The summed E-state index contributed by atoms with van der Waals surface area (Å²) in [6.45, 7) is 0. The van der Waals surface area contributed by atoms with Crippen LogP contribution in [0.3, 0.4) is 0 Å². The van der Waals surface area contributed by atoms with Gasteiger partial charge in [-0.1, -0.05) is 0 Å². The van der Waals surface area contributed by atoms with Crippen LogP contribution in [0.15, 0.2) is 35.0 Å². The van der Waals surface area contributed by atoms with Crippen molar-refractivity contribution in [3.63, 3.8) is 0 Å². The van der Waals surface area contributed by atoms with Gasteiger partial charge in [0, 0.05) is 36.6 Å². The minimum absolute atomic E-state index is 0.00432. The largest absolute Gasteiger partial charge is 0.393 e. The first-order valence-corrected chi connectivity index (χ1v) is 8.83. The number of aliphatic hydroxyl groups is 1. The minimum Gasteiger partial charge on any atom is -0.393 e. The first kappa shape index (κ1) is 16.0. The number of amides is 1. The molecule has 0 aromatic carbocycles. The van der Waals surface area contributed by atoms with Gasteiger partial charge >= 0.3 is 0 Å². The number of aryl methyl sites for hydroxylation is 1. The molecule has 0 saturated heterocycles. The van der Waals surface area contributed by atoms with E-state index in [-0.39, 0.29) is 29.2 Å². The van der Waals surface area contributed by atoms with Gasteiger partial charge in [-0.3, -0.25) is 18.7 Å². The van der Waals surface area contributed by atoms with E-state index in [2.05, 4.69) is 15.4 Å². The van der Waals surface area contributed by atoms with Gasteiger partial charge in [-0.2, -0.15) is 5.10 Å². The molecule has 0 aliphatic heterocycles. The number of aromatic nitrogens is 4. The zero-order valence-corrected chi connectivity index (χ0v) is 14.3. The van der Waals surface area contributed by atoms with Crippen molar-refractivity contribution >= 4 is 22.2 Å². The predicted molar refractivity (Wildman–Crippen MR) is 91.5 cm³/mol. The van der Waals surface area contributed by atoms with Crippen molar-refractivity contribution in [1.82, 2.24) is 24.5 Å². The van der Waals surface area contributed by atoms with Crippen LogP contribution in [0.1, 0.15) is 34.8 Å². The van der Waals surface area contributed by atoms with Gasteiger partial charge in [-0.05, 0) is 18.8 Å². The Morgan fingerprint density at radius 2 is 2.24 bits per heavy atom. The zero-order valence-electron chi connectivity index (χ0n) is 13.5. The Balaban J connectivity index is 1.63. The molecule has 25 heavy (non-hydrogen) atoms. The molecule has 1 atom stereocenters. The van der Waals surface area contributed by atoms with Gasteiger partial charge in [0.25, 0.3) is 11.5 Å².